The van der Waals surface area contributed by atoms with Gasteiger partial charge in [-0.05, 0) is 54.5 Å². The van der Waals surface area contributed by atoms with Crippen LogP contribution in [0.4, 0.5) is 18.9 Å². The molecule has 0 N–H and O–H groups in total. The second kappa shape index (κ2) is 9.47. The van der Waals surface area contributed by atoms with Crippen molar-refractivity contribution >= 4 is 11.6 Å². The van der Waals surface area contributed by atoms with Crippen LogP contribution in [0, 0.1) is 0 Å². The first kappa shape index (κ1) is 22.1. The van der Waals surface area contributed by atoms with Crippen molar-refractivity contribution in [2.45, 2.75) is 12.6 Å². The van der Waals surface area contributed by atoms with Crippen LogP contribution < -0.4 is 9.64 Å². The topological polar surface area (TPSA) is 42.4 Å². The number of carbonyl (C=O) groups excluding carboxylic acids is 1. The number of aromatic nitrogens is 1. The number of alkyl halides is 3. The minimum Gasteiger partial charge on any atom is -0.497 e. The van der Waals surface area contributed by atoms with Gasteiger partial charge in [-0.1, -0.05) is 30.8 Å². The van der Waals surface area contributed by atoms with Gasteiger partial charge in [0.1, 0.15) is 5.75 Å². The van der Waals surface area contributed by atoms with E-state index in [1.165, 1.54) is 24.4 Å². The average Bonchev–Trinajstić information content (AvgIpc) is 2.79. The fourth-order valence-electron chi connectivity index (χ4n) is 3.06. The van der Waals surface area contributed by atoms with Crippen LogP contribution in [-0.4, -0.2) is 24.5 Å². The summed E-state index contributed by atoms with van der Waals surface area (Å²) in [4.78, 5) is 18.3. The van der Waals surface area contributed by atoms with E-state index in [1.54, 1.807) is 24.1 Å². The number of methoxy groups -OCH3 is 1. The SMILES string of the molecule is C=CC(=O)N(CCc1ccc(OC)cc1)c1ccc(-c2ccc(C(F)(F)F)cc2)nc1. The molecule has 0 saturated heterocycles. The number of hydrogen-bond donors (Lipinski definition) is 0. The maximum atomic E-state index is 12.7. The highest BCUT2D eigenvalue weighted by atomic mass is 19.4. The number of nitrogens with zero attached hydrogens (tertiary/aromatic N) is 2. The Morgan fingerprint density at radius 2 is 1.74 bits per heavy atom. The fourth-order valence-corrected chi connectivity index (χ4v) is 3.06. The number of halogens is 3. The third-order valence-corrected chi connectivity index (χ3v) is 4.79. The van der Waals surface area contributed by atoms with E-state index in [1.807, 2.05) is 24.3 Å². The van der Waals surface area contributed by atoms with Gasteiger partial charge in [-0.2, -0.15) is 13.2 Å². The molecule has 31 heavy (non-hydrogen) atoms. The third kappa shape index (κ3) is 5.51. The molecule has 2 aromatic carbocycles. The molecular weight excluding hydrogens is 405 g/mol. The number of ether oxygens (including phenoxy) is 1. The molecule has 0 unspecified atom stereocenters. The number of benzene rings is 2. The molecule has 0 radical (unpaired) electrons. The standard InChI is InChI=1S/C24H21F3N2O2/c1-3-23(30)29(15-14-17-4-11-21(31-2)12-5-17)20-10-13-22(28-16-20)18-6-8-19(9-7-18)24(25,26)27/h3-13,16H,1,14-15H2,2H3. The Bertz CT molecular complexity index is 1030. The molecule has 0 aliphatic rings. The predicted molar refractivity (Wildman–Crippen MR) is 114 cm³/mol. The highest BCUT2D eigenvalue weighted by Crippen LogP contribution is 2.31. The Balaban J connectivity index is 1.76. The van der Waals surface area contributed by atoms with Crippen LogP contribution in [0.3, 0.4) is 0 Å². The van der Waals surface area contributed by atoms with Crippen LogP contribution in [0.15, 0.2) is 79.5 Å². The van der Waals surface area contributed by atoms with Crippen molar-refractivity contribution < 1.29 is 22.7 Å². The molecule has 0 atom stereocenters. The molecule has 7 heteroatoms. The molecule has 1 heterocycles. The minimum atomic E-state index is -4.38. The molecule has 0 spiro atoms. The van der Waals surface area contributed by atoms with E-state index in [-0.39, 0.29) is 5.91 Å². The van der Waals surface area contributed by atoms with Gasteiger partial charge in [-0.15, -0.1) is 0 Å². The highest BCUT2D eigenvalue weighted by molar-refractivity contribution is 6.01. The maximum absolute atomic E-state index is 12.7. The summed E-state index contributed by atoms with van der Waals surface area (Å²) in [5.74, 6) is 0.489. The fraction of sp³-hybridized carbons (Fsp3) is 0.167. The number of pyridine rings is 1. The Kier molecular flexibility index (Phi) is 6.74. The number of carbonyl (C=O) groups is 1. The van der Waals surface area contributed by atoms with E-state index in [0.717, 1.165) is 23.4 Å². The first-order chi connectivity index (χ1) is 14.8. The zero-order valence-electron chi connectivity index (χ0n) is 16.9. The van der Waals surface area contributed by atoms with Gasteiger partial charge in [0, 0.05) is 12.1 Å². The van der Waals surface area contributed by atoms with Crippen molar-refractivity contribution in [3.05, 3.63) is 90.6 Å². The normalized spacial score (nSPS) is 11.1. The Morgan fingerprint density at radius 3 is 2.26 bits per heavy atom. The third-order valence-electron chi connectivity index (χ3n) is 4.79. The lowest BCUT2D eigenvalue weighted by Crippen LogP contribution is -2.31. The molecule has 1 amide bonds. The van der Waals surface area contributed by atoms with Gasteiger partial charge in [-0.3, -0.25) is 9.78 Å². The number of anilines is 1. The molecule has 1 aromatic heterocycles. The molecule has 0 saturated carbocycles. The molecule has 0 aliphatic heterocycles. The summed E-state index contributed by atoms with van der Waals surface area (Å²) in [5, 5.41) is 0. The second-order valence-electron chi connectivity index (χ2n) is 6.77. The summed E-state index contributed by atoms with van der Waals surface area (Å²) in [6.07, 6.45) is -1.00. The van der Waals surface area contributed by atoms with Crippen molar-refractivity contribution in [1.29, 1.82) is 0 Å². The minimum absolute atomic E-state index is 0.266. The molecule has 3 rings (SSSR count). The lowest BCUT2D eigenvalue weighted by Gasteiger charge is -2.21. The molecule has 0 aliphatic carbocycles. The van der Waals surface area contributed by atoms with Crippen molar-refractivity contribution in [3.63, 3.8) is 0 Å². The summed E-state index contributed by atoms with van der Waals surface area (Å²) in [6, 6.07) is 15.8. The van der Waals surface area contributed by atoms with Crippen LogP contribution in [-0.2, 0) is 17.4 Å². The molecule has 0 bridgehead atoms. The van der Waals surface area contributed by atoms with Crippen LogP contribution in [0.2, 0.25) is 0 Å². The van der Waals surface area contributed by atoms with Crippen molar-refractivity contribution in [3.8, 4) is 17.0 Å². The van der Waals surface area contributed by atoms with Crippen molar-refractivity contribution in [2.24, 2.45) is 0 Å². The summed E-state index contributed by atoms with van der Waals surface area (Å²) in [6.45, 7) is 3.97. The van der Waals surface area contributed by atoms with Crippen LogP contribution in [0.5, 0.6) is 5.75 Å². The van der Waals surface area contributed by atoms with Gasteiger partial charge >= 0.3 is 6.18 Å². The summed E-state index contributed by atoms with van der Waals surface area (Å²) in [5.41, 5.74) is 1.97. The molecule has 4 nitrogen and oxygen atoms in total. The zero-order valence-corrected chi connectivity index (χ0v) is 16.9. The van der Waals surface area contributed by atoms with Gasteiger partial charge < -0.3 is 9.64 Å². The Labute approximate surface area is 178 Å². The summed E-state index contributed by atoms with van der Waals surface area (Å²) >= 11 is 0. The molecule has 3 aromatic rings. The predicted octanol–water partition coefficient (Wildman–Crippen LogP) is 5.54. The lowest BCUT2D eigenvalue weighted by molar-refractivity contribution is -0.137. The Morgan fingerprint density at radius 1 is 1.06 bits per heavy atom. The van der Waals surface area contributed by atoms with E-state index in [9.17, 15) is 18.0 Å². The second-order valence-corrected chi connectivity index (χ2v) is 6.77. The van der Waals surface area contributed by atoms with E-state index in [4.69, 9.17) is 4.74 Å². The quantitative estimate of drug-likeness (QED) is 0.466. The van der Waals surface area contributed by atoms with Crippen LogP contribution in [0.25, 0.3) is 11.3 Å². The number of hydrogen-bond acceptors (Lipinski definition) is 3. The van der Waals surface area contributed by atoms with E-state index < -0.39 is 11.7 Å². The highest BCUT2D eigenvalue weighted by Gasteiger charge is 2.30. The zero-order chi connectivity index (χ0) is 22.4. The van der Waals surface area contributed by atoms with Gasteiger partial charge in [0.25, 0.3) is 0 Å². The van der Waals surface area contributed by atoms with Crippen LogP contribution in [0.1, 0.15) is 11.1 Å². The van der Waals surface area contributed by atoms with Gasteiger partial charge in [-0.25, -0.2) is 0 Å². The number of rotatable bonds is 7. The molecule has 0 fully saturated rings. The number of amides is 1. The van der Waals surface area contributed by atoms with Gasteiger partial charge in [0.15, 0.2) is 0 Å². The summed E-state index contributed by atoms with van der Waals surface area (Å²) < 4.78 is 43.4. The van der Waals surface area contributed by atoms with E-state index in [2.05, 4.69) is 11.6 Å². The summed E-state index contributed by atoms with van der Waals surface area (Å²) in [7, 11) is 1.60. The Hall–Kier alpha value is -3.61. The maximum Gasteiger partial charge on any atom is 0.416 e. The molecular formula is C24H21F3N2O2. The first-order valence-electron chi connectivity index (χ1n) is 9.52. The van der Waals surface area contributed by atoms with Crippen molar-refractivity contribution in [1.82, 2.24) is 4.98 Å². The average molecular weight is 426 g/mol. The van der Waals surface area contributed by atoms with Crippen LogP contribution >= 0.6 is 0 Å². The lowest BCUT2D eigenvalue weighted by atomic mass is 10.1. The van der Waals surface area contributed by atoms with Gasteiger partial charge in [0.05, 0.1) is 30.3 Å². The first-order valence-corrected chi connectivity index (χ1v) is 9.52. The largest absolute Gasteiger partial charge is 0.497 e. The van der Waals surface area contributed by atoms with Crippen molar-refractivity contribution in [2.75, 3.05) is 18.6 Å². The van der Waals surface area contributed by atoms with Gasteiger partial charge in [0.2, 0.25) is 5.91 Å². The van der Waals surface area contributed by atoms with E-state index in [0.29, 0.717) is 29.9 Å². The van der Waals surface area contributed by atoms with E-state index >= 15 is 0 Å². The smallest absolute Gasteiger partial charge is 0.416 e. The monoisotopic (exact) mass is 426 g/mol. The molecule has 160 valence electrons.